The molecule has 0 aliphatic heterocycles. The Morgan fingerprint density at radius 3 is 2.72 bits per heavy atom. The molecule has 25 heavy (non-hydrogen) atoms. The van der Waals surface area contributed by atoms with E-state index in [0.717, 1.165) is 5.39 Å². The number of carbonyl (C=O) groups excluding carboxylic acids is 1. The molecule has 1 amide bonds. The smallest absolute Gasteiger partial charge is 0.387 e. The number of alkyl halides is 2. The van der Waals surface area contributed by atoms with E-state index in [1.807, 2.05) is 13.8 Å². The van der Waals surface area contributed by atoms with Crippen LogP contribution >= 0.6 is 0 Å². The SMILES string of the molecule is CC(C)n1ncc2cc(NC(=O)c3ccccc3OC(F)F)cnc21. The maximum atomic E-state index is 12.5. The lowest BCUT2D eigenvalue weighted by Gasteiger charge is -2.11. The second-order valence-corrected chi connectivity index (χ2v) is 5.65. The molecule has 0 atom stereocenters. The van der Waals surface area contributed by atoms with Gasteiger partial charge < -0.3 is 10.1 Å². The van der Waals surface area contributed by atoms with Crippen LogP contribution in [-0.4, -0.2) is 27.3 Å². The van der Waals surface area contributed by atoms with E-state index in [0.29, 0.717) is 11.3 Å². The minimum Gasteiger partial charge on any atom is -0.434 e. The van der Waals surface area contributed by atoms with Crippen LogP contribution in [0.2, 0.25) is 0 Å². The molecule has 0 aliphatic carbocycles. The molecule has 0 radical (unpaired) electrons. The molecule has 0 fully saturated rings. The summed E-state index contributed by atoms with van der Waals surface area (Å²) < 4.78 is 31.1. The van der Waals surface area contributed by atoms with Gasteiger partial charge in [-0.1, -0.05) is 12.1 Å². The number of rotatable bonds is 5. The van der Waals surface area contributed by atoms with Crippen molar-refractivity contribution in [3.63, 3.8) is 0 Å². The van der Waals surface area contributed by atoms with E-state index >= 15 is 0 Å². The fraction of sp³-hybridized carbons (Fsp3) is 0.235. The van der Waals surface area contributed by atoms with Gasteiger partial charge in [-0.2, -0.15) is 13.9 Å². The number of nitrogens with zero attached hydrogens (tertiary/aromatic N) is 3. The first-order valence-corrected chi connectivity index (χ1v) is 7.64. The number of para-hydroxylation sites is 1. The molecule has 0 bridgehead atoms. The molecule has 2 aromatic heterocycles. The van der Waals surface area contributed by atoms with E-state index in [4.69, 9.17) is 0 Å². The van der Waals surface area contributed by atoms with Crippen LogP contribution in [0.5, 0.6) is 5.75 Å². The molecule has 130 valence electrons. The summed E-state index contributed by atoms with van der Waals surface area (Å²) in [7, 11) is 0. The van der Waals surface area contributed by atoms with Gasteiger partial charge >= 0.3 is 6.61 Å². The predicted molar refractivity (Wildman–Crippen MR) is 88.9 cm³/mol. The van der Waals surface area contributed by atoms with E-state index in [1.165, 1.54) is 24.4 Å². The van der Waals surface area contributed by atoms with Gasteiger partial charge in [-0.15, -0.1) is 0 Å². The van der Waals surface area contributed by atoms with Crippen molar-refractivity contribution in [3.8, 4) is 5.75 Å². The number of anilines is 1. The summed E-state index contributed by atoms with van der Waals surface area (Å²) in [6.45, 7) is 0.974. The van der Waals surface area contributed by atoms with Crippen molar-refractivity contribution >= 4 is 22.6 Å². The first-order chi connectivity index (χ1) is 12.0. The molecule has 3 rings (SSSR count). The van der Waals surface area contributed by atoms with Crippen LogP contribution in [0.3, 0.4) is 0 Å². The third kappa shape index (κ3) is 3.57. The summed E-state index contributed by atoms with van der Waals surface area (Å²) in [6, 6.07) is 7.70. The standard InChI is InChI=1S/C17H16F2N4O2/c1-10(2)23-15-11(8-21-23)7-12(9-20-15)22-16(24)13-5-3-4-6-14(13)25-17(18)19/h3-10,17H,1-2H3,(H,22,24). The van der Waals surface area contributed by atoms with E-state index in [-0.39, 0.29) is 17.4 Å². The Kier molecular flexibility index (Phi) is 4.60. The van der Waals surface area contributed by atoms with Crippen LogP contribution in [0.4, 0.5) is 14.5 Å². The molecule has 1 aromatic carbocycles. The van der Waals surface area contributed by atoms with Crippen molar-refractivity contribution in [1.82, 2.24) is 14.8 Å². The molecule has 0 saturated heterocycles. The predicted octanol–water partition coefficient (Wildman–Crippen LogP) is 3.87. The molecule has 0 spiro atoms. The lowest BCUT2D eigenvalue weighted by Crippen LogP contribution is -2.15. The number of hydrogen-bond acceptors (Lipinski definition) is 4. The number of aromatic nitrogens is 3. The normalized spacial score (nSPS) is 11.3. The Morgan fingerprint density at radius 1 is 1.24 bits per heavy atom. The van der Waals surface area contributed by atoms with Crippen LogP contribution in [0.25, 0.3) is 11.0 Å². The van der Waals surface area contributed by atoms with Crippen molar-refractivity contribution in [3.05, 3.63) is 48.3 Å². The van der Waals surface area contributed by atoms with E-state index in [1.54, 1.807) is 23.0 Å². The van der Waals surface area contributed by atoms with Crippen LogP contribution in [0.1, 0.15) is 30.2 Å². The molecule has 0 aliphatic rings. The van der Waals surface area contributed by atoms with Gasteiger partial charge in [0.25, 0.3) is 5.91 Å². The number of pyridine rings is 1. The van der Waals surface area contributed by atoms with Crippen LogP contribution in [-0.2, 0) is 0 Å². The van der Waals surface area contributed by atoms with Crippen molar-refractivity contribution < 1.29 is 18.3 Å². The maximum Gasteiger partial charge on any atom is 0.387 e. The molecular formula is C17H16F2N4O2. The average molecular weight is 346 g/mol. The Hall–Kier alpha value is -3.03. The molecule has 2 heterocycles. The van der Waals surface area contributed by atoms with E-state index < -0.39 is 12.5 Å². The van der Waals surface area contributed by atoms with Crippen molar-refractivity contribution in [2.24, 2.45) is 0 Å². The number of halogens is 2. The fourth-order valence-corrected chi connectivity index (χ4v) is 2.44. The summed E-state index contributed by atoms with van der Waals surface area (Å²) in [5, 5.41) is 7.66. The Labute approximate surface area is 142 Å². The van der Waals surface area contributed by atoms with Gasteiger partial charge in [0, 0.05) is 11.4 Å². The number of hydrogen-bond donors (Lipinski definition) is 1. The minimum atomic E-state index is -3.01. The highest BCUT2D eigenvalue weighted by Gasteiger charge is 2.16. The summed E-state index contributed by atoms with van der Waals surface area (Å²) in [6.07, 6.45) is 3.16. The molecule has 6 nitrogen and oxygen atoms in total. The van der Waals surface area contributed by atoms with Crippen LogP contribution in [0, 0.1) is 0 Å². The number of benzene rings is 1. The highest BCUT2D eigenvalue weighted by molar-refractivity contribution is 6.06. The molecule has 0 unspecified atom stereocenters. The minimum absolute atomic E-state index is 0.0146. The van der Waals surface area contributed by atoms with Crippen LogP contribution < -0.4 is 10.1 Å². The largest absolute Gasteiger partial charge is 0.434 e. The zero-order valence-corrected chi connectivity index (χ0v) is 13.6. The van der Waals surface area contributed by atoms with Gasteiger partial charge in [-0.3, -0.25) is 4.79 Å². The topological polar surface area (TPSA) is 69.0 Å². The molecule has 3 aromatic rings. The van der Waals surface area contributed by atoms with E-state index in [2.05, 4.69) is 20.1 Å². The molecular weight excluding hydrogens is 330 g/mol. The summed E-state index contributed by atoms with van der Waals surface area (Å²) in [4.78, 5) is 16.7. The van der Waals surface area contributed by atoms with Gasteiger partial charge in [0.05, 0.1) is 23.6 Å². The highest BCUT2D eigenvalue weighted by atomic mass is 19.3. The van der Waals surface area contributed by atoms with Crippen LogP contribution in [0.15, 0.2) is 42.7 Å². The third-order valence-electron chi connectivity index (χ3n) is 3.53. The number of nitrogens with one attached hydrogen (secondary N) is 1. The summed E-state index contributed by atoms with van der Waals surface area (Å²) in [5.41, 5.74) is 1.16. The lowest BCUT2D eigenvalue weighted by molar-refractivity contribution is -0.0501. The van der Waals surface area contributed by atoms with Gasteiger partial charge in [0.2, 0.25) is 0 Å². The number of fused-ring (bicyclic) bond motifs is 1. The highest BCUT2D eigenvalue weighted by Crippen LogP contribution is 2.23. The Bertz CT molecular complexity index is 909. The number of ether oxygens (including phenoxy) is 1. The van der Waals surface area contributed by atoms with E-state index in [9.17, 15) is 13.6 Å². The summed E-state index contributed by atoms with van der Waals surface area (Å²) >= 11 is 0. The molecule has 1 N–H and O–H groups in total. The Balaban J connectivity index is 1.85. The van der Waals surface area contributed by atoms with Gasteiger partial charge in [-0.25, -0.2) is 9.67 Å². The zero-order chi connectivity index (χ0) is 18.0. The second kappa shape index (κ2) is 6.84. The molecule has 8 heteroatoms. The monoisotopic (exact) mass is 346 g/mol. The van der Waals surface area contributed by atoms with Crippen molar-refractivity contribution in [1.29, 1.82) is 0 Å². The fourth-order valence-electron chi connectivity index (χ4n) is 2.44. The first-order valence-electron chi connectivity index (χ1n) is 7.64. The van der Waals surface area contributed by atoms with Gasteiger partial charge in [0.1, 0.15) is 5.75 Å². The first kappa shape index (κ1) is 16.8. The lowest BCUT2D eigenvalue weighted by atomic mass is 10.2. The second-order valence-electron chi connectivity index (χ2n) is 5.65. The quantitative estimate of drug-likeness (QED) is 0.761. The number of carbonyl (C=O) groups is 1. The zero-order valence-electron chi connectivity index (χ0n) is 13.6. The van der Waals surface area contributed by atoms with Crippen molar-refractivity contribution in [2.75, 3.05) is 5.32 Å². The number of amides is 1. The van der Waals surface area contributed by atoms with Gasteiger partial charge in [0.15, 0.2) is 5.65 Å². The van der Waals surface area contributed by atoms with Gasteiger partial charge in [-0.05, 0) is 32.0 Å². The van der Waals surface area contributed by atoms with Crippen molar-refractivity contribution in [2.45, 2.75) is 26.5 Å². The third-order valence-corrected chi connectivity index (χ3v) is 3.53. The Morgan fingerprint density at radius 2 is 2.00 bits per heavy atom. The summed E-state index contributed by atoms with van der Waals surface area (Å²) in [5.74, 6) is -0.745. The molecule has 0 saturated carbocycles. The average Bonchev–Trinajstić information content (AvgIpc) is 2.98. The maximum absolute atomic E-state index is 12.5.